The number of aryl methyl sites for hydroxylation is 1. The van der Waals surface area contributed by atoms with E-state index in [9.17, 15) is 9.18 Å². The minimum atomic E-state index is -0.782. The molecule has 1 aromatic carbocycles. The highest BCUT2D eigenvalue weighted by molar-refractivity contribution is 5.73. The summed E-state index contributed by atoms with van der Waals surface area (Å²) in [5, 5.41) is 9.06. The van der Waals surface area contributed by atoms with Crippen molar-refractivity contribution in [2.45, 2.75) is 32.4 Å². The van der Waals surface area contributed by atoms with Crippen molar-refractivity contribution in [3.63, 3.8) is 0 Å². The first-order valence-corrected chi connectivity index (χ1v) is 5.79. The standard InChI is InChI=1S/C13H16FNO2/c1-9-5-10(7-11(14)6-9)8-15-4-2-3-12(15)13(16)17/h5-7,12H,2-4,8H2,1H3,(H,16,17). The van der Waals surface area contributed by atoms with Gasteiger partial charge < -0.3 is 5.11 Å². The summed E-state index contributed by atoms with van der Waals surface area (Å²) in [5.41, 5.74) is 1.71. The van der Waals surface area contributed by atoms with Gasteiger partial charge in [0.05, 0.1) is 0 Å². The average molecular weight is 237 g/mol. The van der Waals surface area contributed by atoms with E-state index in [0.717, 1.165) is 24.1 Å². The van der Waals surface area contributed by atoms with Gasteiger partial charge in [-0.2, -0.15) is 0 Å². The fourth-order valence-corrected chi connectivity index (χ4v) is 2.43. The van der Waals surface area contributed by atoms with E-state index < -0.39 is 12.0 Å². The van der Waals surface area contributed by atoms with Crippen LogP contribution in [0.15, 0.2) is 18.2 Å². The number of aliphatic carboxylic acids is 1. The van der Waals surface area contributed by atoms with E-state index in [1.54, 1.807) is 0 Å². The van der Waals surface area contributed by atoms with Crippen LogP contribution in [0.5, 0.6) is 0 Å². The molecule has 17 heavy (non-hydrogen) atoms. The third-order valence-electron chi connectivity index (χ3n) is 3.14. The minimum absolute atomic E-state index is 0.258. The van der Waals surface area contributed by atoms with E-state index in [2.05, 4.69) is 0 Å². The van der Waals surface area contributed by atoms with Crippen LogP contribution >= 0.6 is 0 Å². The molecule has 1 saturated heterocycles. The molecule has 1 unspecified atom stereocenters. The van der Waals surface area contributed by atoms with Gasteiger partial charge in [0, 0.05) is 6.54 Å². The first kappa shape index (κ1) is 12.0. The predicted molar refractivity (Wildman–Crippen MR) is 62.2 cm³/mol. The van der Waals surface area contributed by atoms with Crippen molar-refractivity contribution in [1.29, 1.82) is 0 Å². The van der Waals surface area contributed by atoms with Crippen LogP contribution in [0.3, 0.4) is 0 Å². The monoisotopic (exact) mass is 237 g/mol. The molecule has 1 fully saturated rings. The van der Waals surface area contributed by atoms with Crippen LogP contribution in [0.2, 0.25) is 0 Å². The van der Waals surface area contributed by atoms with Crippen molar-refractivity contribution in [3.05, 3.63) is 35.1 Å². The smallest absolute Gasteiger partial charge is 0.320 e. The Hall–Kier alpha value is -1.42. The number of rotatable bonds is 3. The van der Waals surface area contributed by atoms with Crippen LogP contribution in [0.1, 0.15) is 24.0 Å². The Morgan fingerprint density at radius 2 is 2.29 bits per heavy atom. The molecule has 0 aliphatic carbocycles. The fourth-order valence-electron chi connectivity index (χ4n) is 2.43. The molecule has 3 nitrogen and oxygen atoms in total. The molecule has 1 heterocycles. The zero-order valence-corrected chi connectivity index (χ0v) is 9.82. The van der Waals surface area contributed by atoms with Gasteiger partial charge in [0.15, 0.2) is 0 Å². The quantitative estimate of drug-likeness (QED) is 0.876. The molecule has 0 aromatic heterocycles. The number of likely N-dealkylation sites (tertiary alicyclic amines) is 1. The Kier molecular flexibility index (Phi) is 3.43. The van der Waals surface area contributed by atoms with Gasteiger partial charge in [-0.1, -0.05) is 6.07 Å². The zero-order valence-electron chi connectivity index (χ0n) is 9.82. The molecular formula is C13H16FNO2. The van der Waals surface area contributed by atoms with Crippen LogP contribution in [0.4, 0.5) is 4.39 Å². The molecule has 0 amide bonds. The second-order valence-corrected chi connectivity index (χ2v) is 4.60. The van der Waals surface area contributed by atoms with E-state index in [1.807, 2.05) is 17.9 Å². The van der Waals surface area contributed by atoms with Gasteiger partial charge in [0.2, 0.25) is 0 Å². The van der Waals surface area contributed by atoms with Gasteiger partial charge in [-0.3, -0.25) is 9.69 Å². The third kappa shape index (κ3) is 2.82. The van der Waals surface area contributed by atoms with Gasteiger partial charge in [-0.25, -0.2) is 4.39 Å². The van der Waals surface area contributed by atoms with Crippen molar-refractivity contribution in [3.8, 4) is 0 Å². The average Bonchev–Trinajstić information content (AvgIpc) is 2.63. The Labute approximate surface area is 99.9 Å². The highest BCUT2D eigenvalue weighted by Crippen LogP contribution is 2.21. The zero-order chi connectivity index (χ0) is 12.4. The maximum atomic E-state index is 13.2. The minimum Gasteiger partial charge on any atom is -0.480 e. The first-order chi connectivity index (χ1) is 8.06. The summed E-state index contributed by atoms with van der Waals surface area (Å²) in [7, 11) is 0. The summed E-state index contributed by atoms with van der Waals surface area (Å²) < 4.78 is 13.2. The normalized spacial score (nSPS) is 20.7. The molecule has 1 aromatic rings. The lowest BCUT2D eigenvalue weighted by Crippen LogP contribution is -2.35. The Balaban J connectivity index is 2.12. The van der Waals surface area contributed by atoms with Crippen LogP contribution in [-0.2, 0) is 11.3 Å². The number of nitrogens with zero attached hydrogens (tertiary/aromatic N) is 1. The van der Waals surface area contributed by atoms with Crippen molar-refractivity contribution >= 4 is 5.97 Å². The molecule has 0 radical (unpaired) electrons. The van der Waals surface area contributed by atoms with Crippen LogP contribution in [-0.4, -0.2) is 28.6 Å². The lowest BCUT2D eigenvalue weighted by Gasteiger charge is -2.21. The molecule has 1 aliphatic heterocycles. The molecular weight excluding hydrogens is 221 g/mol. The molecule has 1 N–H and O–H groups in total. The predicted octanol–water partition coefficient (Wildman–Crippen LogP) is 2.18. The Morgan fingerprint density at radius 1 is 1.53 bits per heavy atom. The topological polar surface area (TPSA) is 40.5 Å². The van der Waals surface area contributed by atoms with Gasteiger partial charge >= 0.3 is 5.97 Å². The number of benzene rings is 1. The summed E-state index contributed by atoms with van der Waals surface area (Å²) in [6.07, 6.45) is 1.58. The van der Waals surface area contributed by atoms with Crippen LogP contribution < -0.4 is 0 Å². The molecule has 0 spiro atoms. The number of carbonyl (C=O) groups is 1. The van der Waals surface area contributed by atoms with Crippen molar-refractivity contribution in [2.75, 3.05) is 6.54 Å². The fraction of sp³-hybridized carbons (Fsp3) is 0.462. The third-order valence-corrected chi connectivity index (χ3v) is 3.14. The first-order valence-electron chi connectivity index (χ1n) is 5.79. The maximum absolute atomic E-state index is 13.2. The molecule has 4 heteroatoms. The SMILES string of the molecule is Cc1cc(F)cc(CN2CCCC2C(=O)O)c1. The second-order valence-electron chi connectivity index (χ2n) is 4.60. The molecule has 0 saturated carbocycles. The number of carboxylic acids is 1. The van der Waals surface area contributed by atoms with E-state index in [1.165, 1.54) is 12.1 Å². The highest BCUT2D eigenvalue weighted by atomic mass is 19.1. The largest absolute Gasteiger partial charge is 0.480 e. The molecule has 92 valence electrons. The van der Waals surface area contributed by atoms with Gasteiger partial charge in [0.25, 0.3) is 0 Å². The molecule has 0 bridgehead atoms. The molecule has 1 aliphatic rings. The van der Waals surface area contributed by atoms with Crippen molar-refractivity contribution in [1.82, 2.24) is 4.90 Å². The number of hydrogen-bond donors (Lipinski definition) is 1. The Bertz CT molecular complexity index is 413. The summed E-state index contributed by atoms with van der Waals surface area (Å²) >= 11 is 0. The molecule has 2 rings (SSSR count). The lowest BCUT2D eigenvalue weighted by atomic mass is 10.1. The van der Waals surface area contributed by atoms with Crippen LogP contribution in [0.25, 0.3) is 0 Å². The number of halogens is 1. The van der Waals surface area contributed by atoms with Gasteiger partial charge in [0.1, 0.15) is 11.9 Å². The molecule has 1 atom stereocenters. The van der Waals surface area contributed by atoms with Crippen LogP contribution in [0, 0.1) is 12.7 Å². The van der Waals surface area contributed by atoms with Crippen molar-refractivity contribution < 1.29 is 14.3 Å². The maximum Gasteiger partial charge on any atom is 0.320 e. The van der Waals surface area contributed by atoms with E-state index in [0.29, 0.717) is 13.0 Å². The van der Waals surface area contributed by atoms with E-state index >= 15 is 0 Å². The van der Waals surface area contributed by atoms with E-state index in [-0.39, 0.29) is 5.82 Å². The number of hydrogen-bond acceptors (Lipinski definition) is 2. The highest BCUT2D eigenvalue weighted by Gasteiger charge is 2.30. The summed E-state index contributed by atoms with van der Waals surface area (Å²) in [6.45, 7) is 3.12. The second kappa shape index (κ2) is 4.84. The summed E-state index contributed by atoms with van der Waals surface area (Å²) in [5.74, 6) is -1.04. The Morgan fingerprint density at radius 3 is 2.94 bits per heavy atom. The summed E-state index contributed by atoms with van der Waals surface area (Å²) in [4.78, 5) is 12.9. The number of carboxylic acid groups (broad SMARTS) is 1. The van der Waals surface area contributed by atoms with Crippen molar-refractivity contribution in [2.24, 2.45) is 0 Å². The van der Waals surface area contributed by atoms with Gasteiger partial charge in [-0.15, -0.1) is 0 Å². The van der Waals surface area contributed by atoms with Gasteiger partial charge in [-0.05, 0) is 49.6 Å². The lowest BCUT2D eigenvalue weighted by molar-refractivity contribution is -0.142. The van der Waals surface area contributed by atoms with E-state index in [4.69, 9.17) is 5.11 Å². The summed E-state index contributed by atoms with van der Waals surface area (Å²) in [6, 6.07) is 4.44.